The molecule has 2 aromatic carbocycles. The van der Waals surface area contributed by atoms with E-state index in [1.165, 1.54) is 0 Å². The maximum Gasteiger partial charge on any atom is 0.313 e. The minimum atomic E-state index is -0.687. The summed E-state index contributed by atoms with van der Waals surface area (Å²) in [5, 5.41) is 5.42. The summed E-state index contributed by atoms with van der Waals surface area (Å²) in [7, 11) is 0. The molecule has 0 bridgehead atoms. The molecule has 1 unspecified atom stereocenters. The molecule has 6 heteroatoms. The Labute approximate surface area is 152 Å². The minimum Gasteiger partial charge on any atom is -0.454 e. The van der Waals surface area contributed by atoms with E-state index in [-0.39, 0.29) is 12.8 Å². The van der Waals surface area contributed by atoms with Crippen LogP contribution in [0, 0.1) is 20.8 Å². The molecule has 1 aliphatic rings. The van der Waals surface area contributed by atoms with Gasteiger partial charge >= 0.3 is 11.8 Å². The second kappa shape index (κ2) is 7.07. The molecule has 0 saturated heterocycles. The van der Waals surface area contributed by atoms with Crippen molar-refractivity contribution >= 4 is 17.5 Å². The molecule has 1 heterocycles. The Balaban J connectivity index is 1.67. The van der Waals surface area contributed by atoms with E-state index in [1.54, 1.807) is 12.1 Å². The Bertz CT molecular complexity index is 853. The molecule has 0 radical (unpaired) electrons. The number of rotatable bonds is 3. The molecule has 26 heavy (non-hydrogen) atoms. The quantitative estimate of drug-likeness (QED) is 0.830. The van der Waals surface area contributed by atoms with Crippen LogP contribution < -0.4 is 20.1 Å². The highest BCUT2D eigenvalue weighted by Gasteiger charge is 2.21. The van der Waals surface area contributed by atoms with E-state index >= 15 is 0 Å². The molecule has 0 aliphatic carbocycles. The first-order valence-corrected chi connectivity index (χ1v) is 8.44. The van der Waals surface area contributed by atoms with Crippen LogP contribution in [0.1, 0.15) is 35.2 Å². The van der Waals surface area contributed by atoms with E-state index in [4.69, 9.17) is 9.47 Å². The maximum atomic E-state index is 12.3. The zero-order valence-electron chi connectivity index (χ0n) is 15.3. The predicted molar refractivity (Wildman–Crippen MR) is 98.4 cm³/mol. The minimum absolute atomic E-state index is 0.192. The lowest BCUT2D eigenvalue weighted by atomic mass is 10.0. The molecule has 0 fully saturated rings. The normalized spacial score (nSPS) is 13.2. The lowest BCUT2D eigenvalue weighted by molar-refractivity contribution is -0.136. The predicted octanol–water partition coefficient (Wildman–Crippen LogP) is 3.16. The molecule has 1 atom stereocenters. The van der Waals surface area contributed by atoms with Gasteiger partial charge in [0.1, 0.15) is 0 Å². The van der Waals surface area contributed by atoms with Crippen molar-refractivity contribution in [1.82, 2.24) is 5.32 Å². The fourth-order valence-electron chi connectivity index (χ4n) is 3.08. The summed E-state index contributed by atoms with van der Waals surface area (Å²) >= 11 is 0. The van der Waals surface area contributed by atoms with Crippen LogP contribution in [0.15, 0.2) is 30.3 Å². The summed E-state index contributed by atoms with van der Waals surface area (Å²) in [5.41, 5.74) is 4.46. The molecule has 1 aliphatic heterocycles. The number of hydrogen-bond donors (Lipinski definition) is 2. The molecule has 2 amide bonds. The van der Waals surface area contributed by atoms with Gasteiger partial charge in [0.15, 0.2) is 11.5 Å². The first-order chi connectivity index (χ1) is 12.3. The van der Waals surface area contributed by atoms with Gasteiger partial charge in [-0.25, -0.2) is 0 Å². The van der Waals surface area contributed by atoms with Gasteiger partial charge in [0.2, 0.25) is 6.79 Å². The summed E-state index contributed by atoms with van der Waals surface area (Å²) in [6, 6.07) is 9.03. The van der Waals surface area contributed by atoms with E-state index in [0.29, 0.717) is 17.2 Å². The molecule has 2 aromatic rings. The highest BCUT2D eigenvalue weighted by atomic mass is 16.7. The van der Waals surface area contributed by atoms with Gasteiger partial charge in [-0.2, -0.15) is 0 Å². The number of nitrogens with one attached hydrogen (secondary N) is 2. The van der Waals surface area contributed by atoms with Crippen molar-refractivity contribution in [2.24, 2.45) is 0 Å². The number of carbonyl (C=O) groups excluding carboxylic acids is 2. The molecule has 0 saturated carbocycles. The Morgan fingerprint density at radius 3 is 2.31 bits per heavy atom. The van der Waals surface area contributed by atoms with Crippen LogP contribution in [0.2, 0.25) is 0 Å². The summed E-state index contributed by atoms with van der Waals surface area (Å²) in [6.07, 6.45) is 0. The monoisotopic (exact) mass is 354 g/mol. The number of fused-ring (bicyclic) bond motifs is 1. The van der Waals surface area contributed by atoms with Crippen LogP contribution in [0.25, 0.3) is 0 Å². The zero-order valence-corrected chi connectivity index (χ0v) is 15.3. The van der Waals surface area contributed by atoms with Gasteiger partial charge in [0.25, 0.3) is 0 Å². The lowest BCUT2D eigenvalue weighted by Crippen LogP contribution is -2.37. The van der Waals surface area contributed by atoms with Crippen LogP contribution in [0.3, 0.4) is 0 Å². The van der Waals surface area contributed by atoms with Gasteiger partial charge in [-0.1, -0.05) is 23.8 Å². The summed E-state index contributed by atoms with van der Waals surface area (Å²) in [4.78, 5) is 24.6. The van der Waals surface area contributed by atoms with E-state index < -0.39 is 11.8 Å². The Hall–Kier alpha value is -3.02. The highest BCUT2D eigenvalue weighted by molar-refractivity contribution is 6.39. The number of benzene rings is 2. The van der Waals surface area contributed by atoms with Crippen LogP contribution in [-0.2, 0) is 9.59 Å². The average molecular weight is 354 g/mol. The van der Waals surface area contributed by atoms with Crippen molar-refractivity contribution in [2.75, 3.05) is 12.1 Å². The smallest absolute Gasteiger partial charge is 0.313 e. The second-order valence-electron chi connectivity index (χ2n) is 6.54. The standard InChI is InChI=1S/C20H22N2O4/c1-11-7-12(2)18(13(3)8-11)22-20(24)19(23)21-14(4)15-5-6-16-17(9-15)26-10-25-16/h5-9,14H,10H2,1-4H3,(H,21,23)(H,22,24). The zero-order chi connectivity index (χ0) is 18.8. The third-order valence-electron chi connectivity index (χ3n) is 4.37. The average Bonchev–Trinajstić information content (AvgIpc) is 3.05. The molecule has 0 aromatic heterocycles. The molecular weight excluding hydrogens is 332 g/mol. The van der Waals surface area contributed by atoms with Crippen molar-refractivity contribution in [1.29, 1.82) is 0 Å². The fourth-order valence-corrected chi connectivity index (χ4v) is 3.08. The van der Waals surface area contributed by atoms with Crippen LogP contribution in [-0.4, -0.2) is 18.6 Å². The second-order valence-corrected chi connectivity index (χ2v) is 6.54. The number of carbonyl (C=O) groups is 2. The maximum absolute atomic E-state index is 12.3. The molecule has 6 nitrogen and oxygen atoms in total. The van der Waals surface area contributed by atoms with E-state index in [1.807, 2.05) is 45.9 Å². The third-order valence-corrected chi connectivity index (χ3v) is 4.37. The molecular formula is C20H22N2O4. The van der Waals surface area contributed by atoms with Crippen LogP contribution in [0.5, 0.6) is 11.5 Å². The SMILES string of the molecule is Cc1cc(C)c(NC(=O)C(=O)NC(C)c2ccc3c(c2)OCO3)c(C)c1. The Morgan fingerprint density at radius 2 is 1.62 bits per heavy atom. The van der Waals surface area contributed by atoms with Crippen molar-refractivity contribution in [3.63, 3.8) is 0 Å². The highest BCUT2D eigenvalue weighted by Crippen LogP contribution is 2.34. The third kappa shape index (κ3) is 3.64. The van der Waals surface area contributed by atoms with Crippen LogP contribution in [0.4, 0.5) is 5.69 Å². The van der Waals surface area contributed by atoms with Crippen molar-refractivity contribution in [2.45, 2.75) is 33.7 Å². The number of ether oxygens (including phenoxy) is 2. The summed E-state index contributed by atoms with van der Waals surface area (Å²) < 4.78 is 10.6. The summed E-state index contributed by atoms with van der Waals surface area (Å²) in [6.45, 7) is 7.80. The van der Waals surface area contributed by atoms with Crippen molar-refractivity contribution in [3.05, 3.63) is 52.6 Å². The van der Waals surface area contributed by atoms with Crippen molar-refractivity contribution < 1.29 is 19.1 Å². The van der Waals surface area contributed by atoms with Gasteiger partial charge in [-0.05, 0) is 56.5 Å². The number of hydrogen-bond acceptors (Lipinski definition) is 4. The first kappa shape index (κ1) is 17.8. The topological polar surface area (TPSA) is 76.7 Å². The van der Waals surface area contributed by atoms with Crippen molar-refractivity contribution in [3.8, 4) is 11.5 Å². The van der Waals surface area contributed by atoms with Gasteiger partial charge in [-0.15, -0.1) is 0 Å². The summed E-state index contributed by atoms with van der Waals surface area (Å²) in [5.74, 6) is -0.0588. The molecule has 2 N–H and O–H groups in total. The van der Waals surface area contributed by atoms with Gasteiger partial charge < -0.3 is 20.1 Å². The van der Waals surface area contributed by atoms with E-state index in [9.17, 15) is 9.59 Å². The van der Waals surface area contributed by atoms with E-state index in [2.05, 4.69) is 10.6 Å². The lowest BCUT2D eigenvalue weighted by Gasteiger charge is -2.16. The van der Waals surface area contributed by atoms with Crippen LogP contribution >= 0.6 is 0 Å². The van der Waals surface area contributed by atoms with Gasteiger partial charge in [-0.3, -0.25) is 9.59 Å². The molecule has 136 valence electrons. The number of aryl methyl sites for hydroxylation is 3. The largest absolute Gasteiger partial charge is 0.454 e. The van der Waals surface area contributed by atoms with E-state index in [0.717, 1.165) is 22.3 Å². The molecule has 3 rings (SSSR count). The number of amides is 2. The number of anilines is 1. The van der Waals surface area contributed by atoms with Gasteiger partial charge in [0, 0.05) is 5.69 Å². The Kier molecular flexibility index (Phi) is 4.84. The fraction of sp³-hybridized carbons (Fsp3) is 0.300. The Morgan fingerprint density at radius 1 is 0.962 bits per heavy atom. The molecule has 0 spiro atoms. The van der Waals surface area contributed by atoms with Gasteiger partial charge in [0.05, 0.1) is 6.04 Å². The first-order valence-electron chi connectivity index (χ1n) is 8.44.